The predicted octanol–water partition coefficient (Wildman–Crippen LogP) is 0.503. The molecule has 15 heteroatoms. The van der Waals surface area contributed by atoms with E-state index in [0.717, 1.165) is 6.42 Å². The molecule has 2 saturated heterocycles. The SMILES string of the molecule is CC(=O)CC1NC(=O)CNC(=O)[C@H](CCCN=C(C)N)CC(=O)[C@H](CCCCN2C(=O)C3C4C=C[C@H](C4)C3C2=O)NC(=O)[C@@H](Cc2ccccc2)NC1=O. The number of nitrogens with two attached hydrogens (primary N) is 1. The molecule has 2 heterocycles. The first-order valence-electron chi connectivity index (χ1n) is 18.9. The van der Waals surface area contributed by atoms with Crippen molar-refractivity contribution in [3.05, 3.63) is 48.0 Å². The Bertz CT molecular complexity index is 1660. The molecule has 15 nitrogen and oxygen atoms in total. The number of carbonyl (C=O) groups excluding carboxylic acids is 8. The maximum atomic E-state index is 14.1. The van der Waals surface area contributed by atoms with E-state index in [0.29, 0.717) is 37.2 Å². The summed E-state index contributed by atoms with van der Waals surface area (Å²) in [5.41, 5.74) is 6.38. The molecule has 6 N–H and O–H groups in total. The van der Waals surface area contributed by atoms with E-state index in [2.05, 4.69) is 26.3 Å². The number of hydrogen-bond donors (Lipinski definition) is 5. The first-order chi connectivity index (χ1) is 25.8. The van der Waals surface area contributed by atoms with Crippen molar-refractivity contribution in [1.29, 1.82) is 0 Å². The first kappa shape index (κ1) is 40.0. The monoisotopic (exact) mass is 745 g/mol. The van der Waals surface area contributed by atoms with E-state index in [1.807, 2.05) is 12.2 Å². The summed E-state index contributed by atoms with van der Waals surface area (Å²) in [5.74, 6) is -4.78. The molecule has 0 spiro atoms. The van der Waals surface area contributed by atoms with Crippen LogP contribution in [0.4, 0.5) is 0 Å². The molecule has 290 valence electrons. The molecule has 1 saturated carbocycles. The number of amidine groups is 1. The molecule has 2 bridgehead atoms. The van der Waals surface area contributed by atoms with Crippen LogP contribution < -0.4 is 27.0 Å². The standard InChI is InChI=1S/C39H51N7O8/c1-22(47)17-29-36(51)45-30(18-24-9-4-3-5-10-24)37(52)44-28(12-6-7-16-46-38(53)33-25-13-14-26(19-25)34(33)39(46)54)31(48)20-27(11-8-15-41-23(2)40)35(50)42-21-32(49)43-29/h3-5,9-10,13-14,25-30,33-34H,6-8,11-12,15-21H2,1-2H3,(H2,40,41)(H,42,50)(H,43,49)(H,44,52)(H,45,51)/t25-,26?,27-,28+,29?,30-,33?,34?/m1/s1. The van der Waals surface area contributed by atoms with Gasteiger partial charge in [0.1, 0.15) is 17.9 Å². The van der Waals surface area contributed by atoms with Gasteiger partial charge in [0.2, 0.25) is 35.4 Å². The van der Waals surface area contributed by atoms with Gasteiger partial charge in [0.25, 0.3) is 0 Å². The second-order valence-electron chi connectivity index (χ2n) is 14.9. The number of allylic oxidation sites excluding steroid dienone is 2. The summed E-state index contributed by atoms with van der Waals surface area (Å²) in [6.07, 6.45) is 5.90. The third-order valence-electron chi connectivity index (χ3n) is 10.8. The Morgan fingerprint density at radius 2 is 1.44 bits per heavy atom. The van der Waals surface area contributed by atoms with Crippen LogP contribution in [-0.4, -0.2) is 95.5 Å². The molecule has 54 heavy (non-hydrogen) atoms. The lowest BCUT2D eigenvalue weighted by Gasteiger charge is -2.26. The van der Waals surface area contributed by atoms with Gasteiger partial charge in [-0.3, -0.25) is 48.2 Å². The second-order valence-corrected chi connectivity index (χ2v) is 14.9. The van der Waals surface area contributed by atoms with Crippen LogP contribution >= 0.6 is 0 Å². The number of amides is 6. The minimum absolute atomic E-state index is 0.0438. The quantitative estimate of drug-likeness (QED) is 0.0622. The van der Waals surface area contributed by atoms with E-state index in [4.69, 9.17) is 5.73 Å². The zero-order valence-corrected chi connectivity index (χ0v) is 30.9. The Morgan fingerprint density at radius 1 is 0.796 bits per heavy atom. The number of aliphatic imine (C=N–C) groups is 1. The Morgan fingerprint density at radius 3 is 2.09 bits per heavy atom. The average molecular weight is 746 g/mol. The van der Waals surface area contributed by atoms with E-state index in [1.54, 1.807) is 37.3 Å². The number of nitrogens with one attached hydrogen (secondary N) is 4. The lowest BCUT2D eigenvalue weighted by molar-refractivity contribution is -0.141. The molecule has 1 aromatic rings. The van der Waals surface area contributed by atoms with Crippen molar-refractivity contribution in [3.8, 4) is 0 Å². The Labute approximate surface area is 314 Å². The van der Waals surface area contributed by atoms with Crippen molar-refractivity contribution in [3.63, 3.8) is 0 Å². The zero-order chi connectivity index (χ0) is 38.9. The number of benzene rings is 1. The van der Waals surface area contributed by atoms with Crippen molar-refractivity contribution in [1.82, 2.24) is 26.2 Å². The number of likely N-dealkylation sites (tertiary alicyclic amines) is 1. The maximum absolute atomic E-state index is 14.1. The molecule has 3 fully saturated rings. The summed E-state index contributed by atoms with van der Waals surface area (Å²) < 4.78 is 0. The van der Waals surface area contributed by atoms with Gasteiger partial charge in [0, 0.05) is 38.3 Å². The molecule has 0 aromatic heterocycles. The normalized spacial score (nSPS) is 29.3. The molecule has 0 radical (unpaired) electrons. The number of Topliss-reactive ketones (excluding diaryl/α,β-unsaturated/α-hetero) is 2. The van der Waals surface area contributed by atoms with E-state index in [9.17, 15) is 38.4 Å². The minimum atomic E-state index is -1.32. The highest BCUT2D eigenvalue weighted by atomic mass is 16.2. The number of hydrogen-bond acceptors (Lipinski definition) is 9. The number of rotatable bonds is 13. The van der Waals surface area contributed by atoms with Gasteiger partial charge in [-0.2, -0.15) is 0 Å². The minimum Gasteiger partial charge on any atom is -0.388 e. The summed E-state index contributed by atoms with van der Waals surface area (Å²) in [4.78, 5) is 112. The predicted molar refractivity (Wildman–Crippen MR) is 197 cm³/mol. The molecule has 5 rings (SSSR count). The fraction of sp³-hybridized carbons (Fsp3) is 0.564. The maximum Gasteiger partial charge on any atom is 0.243 e. The van der Waals surface area contributed by atoms with Crippen LogP contribution in [0.15, 0.2) is 47.5 Å². The number of imide groups is 1. The van der Waals surface area contributed by atoms with Crippen molar-refractivity contribution < 1.29 is 38.4 Å². The van der Waals surface area contributed by atoms with Gasteiger partial charge >= 0.3 is 0 Å². The molecular weight excluding hydrogens is 694 g/mol. The lowest BCUT2D eigenvalue weighted by Crippen LogP contribution is -2.57. The topological polar surface area (TPSA) is 226 Å². The van der Waals surface area contributed by atoms with Gasteiger partial charge in [-0.25, -0.2) is 0 Å². The molecule has 1 aromatic carbocycles. The van der Waals surface area contributed by atoms with Crippen LogP contribution in [0.2, 0.25) is 0 Å². The average Bonchev–Trinajstić information content (AvgIpc) is 3.82. The Hall–Kier alpha value is -5.21. The first-order valence-corrected chi connectivity index (χ1v) is 18.9. The van der Waals surface area contributed by atoms with E-state index < -0.39 is 60.0 Å². The van der Waals surface area contributed by atoms with E-state index in [1.165, 1.54) is 11.8 Å². The van der Waals surface area contributed by atoms with E-state index >= 15 is 0 Å². The molecular formula is C39H51N7O8. The van der Waals surface area contributed by atoms with Gasteiger partial charge in [-0.1, -0.05) is 42.5 Å². The highest BCUT2D eigenvalue weighted by Crippen LogP contribution is 2.52. The van der Waals surface area contributed by atoms with Crippen molar-refractivity contribution in [2.45, 2.75) is 89.8 Å². The van der Waals surface area contributed by atoms with Crippen LogP contribution in [0.3, 0.4) is 0 Å². The summed E-state index contributed by atoms with van der Waals surface area (Å²) in [5, 5.41) is 10.6. The number of nitrogens with zero attached hydrogens (tertiary/aromatic N) is 2. The highest BCUT2D eigenvalue weighted by Gasteiger charge is 2.59. The van der Waals surface area contributed by atoms with Crippen LogP contribution in [0.5, 0.6) is 0 Å². The van der Waals surface area contributed by atoms with Crippen LogP contribution in [0.1, 0.15) is 70.8 Å². The van der Waals surface area contributed by atoms with Gasteiger partial charge in [0.15, 0.2) is 5.78 Å². The smallest absolute Gasteiger partial charge is 0.243 e. The third kappa shape index (κ3) is 10.1. The summed E-state index contributed by atoms with van der Waals surface area (Å²) in [6, 6.07) is 5.33. The molecule has 4 aliphatic rings. The molecule has 4 unspecified atom stereocenters. The number of fused-ring (bicyclic) bond motifs is 5. The number of unbranched alkanes of at least 4 members (excludes halogenated alkanes) is 1. The Balaban J connectivity index is 1.36. The zero-order valence-electron chi connectivity index (χ0n) is 30.9. The second kappa shape index (κ2) is 18.2. The van der Waals surface area contributed by atoms with Gasteiger partial charge in [-0.05, 0) is 69.8 Å². The summed E-state index contributed by atoms with van der Waals surface area (Å²) in [7, 11) is 0. The summed E-state index contributed by atoms with van der Waals surface area (Å²) >= 11 is 0. The largest absolute Gasteiger partial charge is 0.388 e. The third-order valence-corrected chi connectivity index (χ3v) is 10.8. The van der Waals surface area contributed by atoms with Gasteiger partial charge in [-0.15, -0.1) is 0 Å². The number of ketones is 2. The van der Waals surface area contributed by atoms with E-state index in [-0.39, 0.29) is 79.9 Å². The van der Waals surface area contributed by atoms with Crippen molar-refractivity contribution >= 4 is 52.8 Å². The Kier molecular flexibility index (Phi) is 13.5. The molecule has 2 aliphatic heterocycles. The lowest BCUT2D eigenvalue weighted by atomic mass is 9.85. The van der Waals surface area contributed by atoms with Crippen molar-refractivity contribution in [2.75, 3.05) is 19.6 Å². The molecule has 8 atom stereocenters. The number of carbonyl (C=O) groups is 8. The van der Waals surface area contributed by atoms with Crippen LogP contribution in [0, 0.1) is 29.6 Å². The fourth-order valence-electron chi connectivity index (χ4n) is 8.08. The molecule has 2 aliphatic carbocycles. The highest BCUT2D eigenvalue weighted by molar-refractivity contribution is 6.06. The van der Waals surface area contributed by atoms with Crippen LogP contribution in [-0.2, 0) is 44.8 Å². The summed E-state index contributed by atoms with van der Waals surface area (Å²) in [6.45, 7) is 2.90. The molecule has 6 amide bonds. The van der Waals surface area contributed by atoms with Crippen LogP contribution in [0.25, 0.3) is 0 Å². The van der Waals surface area contributed by atoms with Gasteiger partial charge < -0.3 is 27.0 Å². The van der Waals surface area contributed by atoms with Crippen molar-refractivity contribution in [2.24, 2.45) is 40.3 Å². The fourth-order valence-corrected chi connectivity index (χ4v) is 8.08. The van der Waals surface area contributed by atoms with Gasteiger partial charge in [0.05, 0.1) is 30.3 Å².